The van der Waals surface area contributed by atoms with Crippen molar-refractivity contribution in [2.45, 2.75) is 39.5 Å². The Morgan fingerprint density at radius 3 is 1.80 bits per heavy atom. The van der Waals surface area contributed by atoms with Crippen LogP contribution in [-0.2, 0) is 0 Å². The zero-order chi connectivity index (χ0) is 18.1. The second-order valence-electron chi connectivity index (χ2n) is 6.40. The first-order valence-corrected chi connectivity index (χ1v) is 9.18. The largest absolute Gasteiger partial charge is 0.508 e. The molecule has 0 bridgehead atoms. The standard InChI is InChI=1S/C22H29NO2/c1-3-5-13-23(14-6-4-2)20-11-9-18(10-12-20)7-8-19-15-21(24)17-22(25)16-19/h7-12,15-17,24-25H,3-6,13-14H2,1-2H3. The summed E-state index contributed by atoms with van der Waals surface area (Å²) in [5.74, 6) is 0.134. The maximum atomic E-state index is 9.53. The van der Waals surface area contributed by atoms with E-state index in [-0.39, 0.29) is 11.5 Å². The minimum Gasteiger partial charge on any atom is -0.508 e. The summed E-state index contributed by atoms with van der Waals surface area (Å²) in [5.41, 5.74) is 3.14. The van der Waals surface area contributed by atoms with Gasteiger partial charge in [0.2, 0.25) is 0 Å². The van der Waals surface area contributed by atoms with Crippen LogP contribution in [0.5, 0.6) is 11.5 Å². The van der Waals surface area contributed by atoms with Crippen LogP contribution in [0.4, 0.5) is 5.69 Å². The van der Waals surface area contributed by atoms with Crippen molar-refractivity contribution in [2.24, 2.45) is 0 Å². The van der Waals surface area contributed by atoms with E-state index in [4.69, 9.17) is 0 Å². The van der Waals surface area contributed by atoms with E-state index in [2.05, 4.69) is 43.0 Å². The predicted octanol–water partition coefficient (Wildman–Crippen LogP) is 5.67. The van der Waals surface area contributed by atoms with Gasteiger partial charge in [-0.1, -0.05) is 51.0 Å². The Bertz CT molecular complexity index is 649. The quantitative estimate of drug-likeness (QED) is 0.578. The van der Waals surface area contributed by atoms with Crippen LogP contribution in [0.1, 0.15) is 50.7 Å². The van der Waals surface area contributed by atoms with Gasteiger partial charge in [0.15, 0.2) is 0 Å². The lowest BCUT2D eigenvalue weighted by atomic mass is 10.1. The Labute approximate surface area is 151 Å². The van der Waals surface area contributed by atoms with Crippen molar-refractivity contribution in [2.75, 3.05) is 18.0 Å². The van der Waals surface area contributed by atoms with Crippen LogP contribution in [0.25, 0.3) is 12.2 Å². The van der Waals surface area contributed by atoms with E-state index >= 15 is 0 Å². The maximum Gasteiger partial charge on any atom is 0.119 e. The molecule has 134 valence electrons. The third-order valence-electron chi connectivity index (χ3n) is 4.21. The van der Waals surface area contributed by atoms with Crippen LogP contribution in [0.15, 0.2) is 42.5 Å². The average Bonchev–Trinajstić information content (AvgIpc) is 2.60. The second-order valence-corrected chi connectivity index (χ2v) is 6.40. The fourth-order valence-electron chi connectivity index (χ4n) is 2.77. The molecule has 0 fully saturated rings. The summed E-state index contributed by atoms with van der Waals surface area (Å²) in [7, 11) is 0. The third-order valence-corrected chi connectivity index (χ3v) is 4.21. The summed E-state index contributed by atoms with van der Waals surface area (Å²) >= 11 is 0. The molecule has 0 saturated carbocycles. The minimum atomic E-state index is 0.0671. The molecule has 2 rings (SSSR count). The Hall–Kier alpha value is -2.42. The zero-order valence-corrected chi connectivity index (χ0v) is 15.3. The molecular weight excluding hydrogens is 310 g/mol. The summed E-state index contributed by atoms with van der Waals surface area (Å²) in [6.45, 7) is 6.67. The lowest BCUT2D eigenvalue weighted by Gasteiger charge is -2.24. The number of benzene rings is 2. The molecule has 2 aromatic carbocycles. The molecular formula is C22H29NO2. The van der Waals surface area contributed by atoms with Crippen molar-refractivity contribution in [3.63, 3.8) is 0 Å². The van der Waals surface area contributed by atoms with Gasteiger partial charge in [0.05, 0.1) is 0 Å². The van der Waals surface area contributed by atoms with E-state index in [9.17, 15) is 10.2 Å². The molecule has 2 aromatic rings. The number of hydrogen-bond acceptors (Lipinski definition) is 3. The van der Waals surface area contributed by atoms with E-state index in [1.54, 1.807) is 12.1 Å². The van der Waals surface area contributed by atoms with E-state index in [1.807, 2.05) is 12.2 Å². The van der Waals surface area contributed by atoms with Gasteiger partial charge in [-0.3, -0.25) is 0 Å². The Morgan fingerprint density at radius 2 is 1.28 bits per heavy atom. The summed E-state index contributed by atoms with van der Waals surface area (Å²) < 4.78 is 0. The molecule has 0 unspecified atom stereocenters. The molecule has 25 heavy (non-hydrogen) atoms. The number of nitrogens with zero attached hydrogens (tertiary/aromatic N) is 1. The van der Waals surface area contributed by atoms with E-state index in [0.717, 1.165) is 24.2 Å². The molecule has 0 spiro atoms. The van der Waals surface area contributed by atoms with E-state index in [1.165, 1.54) is 37.4 Å². The minimum absolute atomic E-state index is 0.0671. The van der Waals surface area contributed by atoms with Crippen molar-refractivity contribution in [3.8, 4) is 11.5 Å². The number of hydrogen-bond donors (Lipinski definition) is 2. The molecule has 0 aliphatic rings. The first-order valence-electron chi connectivity index (χ1n) is 9.18. The van der Waals surface area contributed by atoms with Crippen LogP contribution in [-0.4, -0.2) is 23.3 Å². The monoisotopic (exact) mass is 339 g/mol. The van der Waals surface area contributed by atoms with Crippen molar-refractivity contribution >= 4 is 17.8 Å². The highest BCUT2D eigenvalue weighted by Gasteiger charge is 2.05. The summed E-state index contributed by atoms with van der Waals surface area (Å²) in [6.07, 6.45) is 8.72. The molecule has 3 nitrogen and oxygen atoms in total. The maximum absolute atomic E-state index is 9.53. The number of phenolic OH excluding ortho intramolecular Hbond substituents is 2. The highest BCUT2D eigenvalue weighted by atomic mass is 16.3. The van der Waals surface area contributed by atoms with Crippen LogP contribution >= 0.6 is 0 Å². The van der Waals surface area contributed by atoms with Crippen molar-refractivity contribution in [1.82, 2.24) is 0 Å². The smallest absolute Gasteiger partial charge is 0.119 e. The molecule has 0 amide bonds. The zero-order valence-electron chi connectivity index (χ0n) is 15.3. The molecule has 3 heteroatoms. The lowest BCUT2D eigenvalue weighted by Crippen LogP contribution is -2.25. The van der Waals surface area contributed by atoms with Crippen LogP contribution in [0.2, 0.25) is 0 Å². The topological polar surface area (TPSA) is 43.7 Å². The second kappa shape index (κ2) is 9.77. The third kappa shape index (κ3) is 6.18. The van der Waals surface area contributed by atoms with Gasteiger partial charge in [-0.15, -0.1) is 0 Å². The van der Waals surface area contributed by atoms with Gasteiger partial charge in [-0.05, 0) is 48.2 Å². The number of phenols is 2. The van der Waals surface area contributed by atoms with Gasteiger partial charge in [0.25, 0.3) is 0 Å². The van der Waals surface area contributed by atoms with E-state index < -0.39 is 0 Å². The van der Waals surface area contributed by atoms with Gasteiger partial charge in [-0.25, -0.2) is 0 Å². The molecule has 0 aliphatic carbocycles. The SMILES string of the molecule is CCCCN(CCCC)c1ccc(C=Cc2cc(O)cc(O)c2)cc1. The molecule has 2 N–H and O–H groups in total. The Balaban J connectivity index is 2.07. The number of aromatic hydroxyl groups is 2. The van der Waals surface area contributed by atoms with Crippen molar-refractivity contribution < 1.29 is 10.2 Å². The highest BCUT2D eigenvalue weighted by Crippen LogP contribution is 2.23. The summed E-state index contributed by atoms with van der Waals surface area (Å²) in [6, 6.07) is 13.1. The van der Waals surface area contributed by atoms with Crippen LogP contribution < -0.4 is 4.90 Å². The normalized spacial score (nSPS) is 11.1. The summed E-state index contributed by atoms with van der Waals surface area (Å²) in [5, 5.41) is 19.1. The van der Waals surface area contributed by atoms with Gasteiger partial charge in [0, 0.05) is 24.8 Å². The fraction of sp³-hybridized carbons (Fsp3) is 0.364. The number of anilines is 1. The number of rotatable bonds is 9. The molecule has 0 saturated heterocycles. The van der Waals surface area contributed by atoms with Gasteiger partial charge >= 0.3 is 0 Å². The Morgan fingerprint density at radius 1 is 0.760 bits per heavy atom. The molecule has 0 radical (unpaired) electrons. The first-order chi connectivity index (χ1) is 12.1. The van der Waals surface area contributed by atoms with E-state index in [0.29, 0.717) is 0 Å². The first kappa shape index (κ1) is 18.9. The molecule has 0 aliphatic heterocycles. The predicted molar refractivity (Wildman–Crippen MR) is 107 cm³/mol. The lowest BCUT2D eigenvalue weighted by molar-refractivity contribution is 0.450. The molecule has 0 heterocycles. The fourth-order valence-corrected chi connectivity index (χ4v) is 2.77. The van der Waals surface area contributed by atoms with Crippen LogP contribution in [0.3, 0.4) is 0 Å². The molecule has 0 aromatic heterocycles. The summed E-state index contributed by atoms with van der Waals surface area (Å²) in [4.78, 5) is 2.47. The van der Waals surface area contributed by atoms with Crippen molar-refractivity contribution in [1.29, 1.82) is 0 Å². The Kier molecular flexibility index (Phi) is 7.39. The number of unbranched alkanes of at least 4 members (excludes halogenated alkanes) is 2. The molecule has 0 atom stereocenters. The van der Waals surface area contributed by atoms with Crippen LogP contribution in [0, 0.1) is 0 Å². The van der Waals surface area contributed by atoms with Gasteiger partial charge < -0.3 is 15.1 Å². The van der Waals surface area contributed by atoms with Gasteiger partial charge in [0.1, 0.15) is 11.5 Å². The van der Waals surface area contributed by atoms with Gasteiger partial charge in [-0.2, -0.15) is 0 Å². The van der Waals surface area contributed by atoms with Crippen molar-refractivity contribution in [3.05, 3.63) is 53.6 Å². The average molecular weight is 339 g/mol. The highest BCUT2D eigenvalue weighted by molar-refractivity contribution is 5.71.